The number of nitrogens with one attached hydrogen (secondary N) is 1. The number of amides is 1. The van der Waals surface area contributed by atoms with Gasteiger partial charge in [0.2, 0.25) is 5.78 Å². The van der Waals surface area contributed by atoms with E-state index in [9.17, 15) is 14.7 Å². The molecule has 7 heteroatoms. The Morgan fingerprint density at radius 2 is 2.03 bits per heavy atom. The first-order valence-electron chi connectivity index (χ1n) is 11.2. The Morgan fingerprint density at radius 3 is 2.68 bits per heavy atom. The molecule has 1 aliphatic heterocycles. The molecule has 7 nitrogen and oxygen atoms in total. The van der Waals surface area contributed by atoms with Crippen molar-refractivity contribution in [3.63, 3.8) is 0 Å². The Labute approximate surface area is 198 Å². The maximum atomic E-state index is 13.6. The van der Waals surface area contributed by atoms with Crippen LogP contribution >= 0.6 is 0 Å². The number of H-pyrrole nitrogens is 1. The third-order valence-electron chi connectivity index (χ3n) is 5.66. The number of aromatic amines is 1. The van der Waals surface area contributed by atoms with Crippen molar-refractivity contribution in [3.05, 3.63) is 95.1 Å². The van der Waals surface area contributed by atoms with Crippen molar-refractivity contribution in [2.24, 2.45) is 5.92 Å². The van der Waals surface area contributed by atoms with Gasteiger partial charge in [-0.25, -0.2) is 4.98 Å². The van der Waals surface area contributed by atoms with Crippen LogP contribution in [0.1, 0.15) is 42.1 Å². The van der Waals surface area contributed by atoms with Gasteiger partial charge < -0.3 is 14.7 Å². The van der Waals surface area contributed by atoms with Gasteiger partial charge >= 0.3 is 0 Å². The fourth-order valence-corrected chi connectivity index (χ4v) is 4.01. The average molecular weight is 458 g/mol. The molecule has 2 aromatic heterocycles. The van der Waals surface area contributed by atoms with Gasteiger partial charge in [0.1, 0.15) is 5.75 Å². The van der Waals surface area contributed by atoms with Crippen LogP contribution in [0.5, 0.6) is 5.75 Å². The van der Waals surface area contributed by atoms with E-state index >= 15 is 0 Å². The number of nitrogens with zero attached hydrogens (tertiary/aromatic N) is 2. The molecule has 1 N–H and O–H groups in total. The number of likely N-dealkylation sites (tertiary alicyclic amines) is 1. The molecule has 0 bridgehead atoms. The van der Waals surface area contributed by atoms with E-state index in [1.54, 1.807) is 55.1 Å². The number of rotatable bonds is 7. The van der Waals surface area contributed by atoms with Crippen LogP contribution in [0.15, 0.2) is 72.8 Å². The molecule has 1 aliphatic rings. The molecule has 174 valence electrons. The smallest absolute Gasteiger partial charge is 0.295 e. The van der Waals surface area contributed by atoms with E-state index in [0.29, 0.717) is 29.4 Å². The number of carbonyl (C=O) groups excluding carboxylic acids is 2. The molecule has 1 unspecified atom stereocenters. The lowest BCUT2D eigenvalue weighted by molar-refractivity contribution is -0.378. The predicted octanol–water partition coefficient (Wildman–Crippen LogP) is 2.66. The number of hydrogen-bond acceptors (Lipinski definition) is 5. The second-order valence-electron chi connectivity index (χ2n) is 8.79. The molecule has 1 aromatic carbocycles. The molecule has 1 amide bonds. The van der Waals surface area contributed by atoms with Crippen molar-refractivity contribution in [1.82, 2.24) is 9.88 Å². The minimum absolute atomic E-state index is 0.0619. The Balaban J connectivity index is 1.77. The Hall–Kier alpha value is -4.00. The molecule has 3 heterocycles. The molecule has 3 aromatic rings. The monoisotopic (exact) mass is 457 g/mol. The van der Waals surface area contributed by atoms with Crippen molar-refractivity contribution in [3.8, 4) is 5.75 Å². The minimum Gasteiger partial charge on any atom is -0.872 e. The van der Waals surface area contributed by atoms with E-state index in [1.165, 1.54) is 4.90 Å². The number of Topliss-reactive ketones (excluding diaryl/α,β-unsaturated/α-hetero) is 1. The van der Waals surface area contributed by atoms with Gasteiger partial charge in [0, 0.05) is 29.6 Å². The van der Waals surface area contributed by atoms with Crippen LogP contribution in [0.25, 0.3) is 5.76 Å². The average Bonchev–Trinajstić information content (AvgIpc) is 3.09. The van der Waals surface area contributed by atoms with E-state index in [4.69, 9.17) is 4.74 Å². The fraction of sp³-hybridized carbons (Fsp3) is 0.259. The Morgan fingerprint density at radius 1 is 1.21 bits per heavy atom. The number of aryl methyl sites for hydroxylation is 1. The number of pyridine rings is 2. The van der Waals surface area contributed by atoms with Crippen molar-refractivity contribution >= 4 is 17.4 Å². The van der Waals surface area contributed by atoms with Crippen molar-refractivity contribution < 1.29 is 24.4 Å². The van der Waals surface area contributed by atoms with Crippen LogP contribution in [-0.2, 0) is 16.1 Å². The molecule has 0 radical (unpaired) electrons. The van der Waals surface area contributed by atoms with Crippen LogP contribution in [0.2, 0.25) is 0 Å². The molecule has 1 saturated heterocycles. The van der Waals surface area contributed by atoms with Crippen LogP contribution in [0.4, 0.5) is 0 Å². The molecular weight excluding hydrogens is 430 g/mol. The standard InChI is InChI=1S/C27H27N3O4/c1-17(2)16-34-22-9-8-20(12-18(22)3)25(31)23-24(21-7-5-11-29-14-21)30(27(33)26(23)32)15-19-6-4-10-28-13-19/h4-14,17,24,31H,15-16H2,1-3H3/b25-23+. The summed E-state index contributed by atoms with van der Waals surface area (Å²) in [6.45, 7) is 6.72. The fourth-order valence-electron chi connectivity index (χ4n) is 4.01. The van der Waals surface area contributed by atoms with Gasteiger partial charge in [-0.15, -0.1) is 0 Å². The summed E-state index contributed by atoms with van der Waals surface area (Å²) in [5.41, 5.74) is 2.49. The topological polar surface area (TPSA) is 96.7 Å². The Kier molecular flexibility index (Phi) is 6.72. The zero-order valence-electron chi connectivity index (χ0n) is 19.4. The van der Waals surface area contributed by atoms with Crippen LogP contribution in [0.3, 0.4) is 0 Å². The first-order valence-corrected chi connectivity index (χ1v) is 11.2. The lowest BCUT2D eigenvalue weighted by Crippen LogP contribution is -2.29. The summed E-state index contributed by atoms with van der Waals surface area (Å²) in [7, 11) is 0. The Bertz CT molecular complexity index is 1220. The largest absolute Gasteiger partial charge is 0.872 e. The van der Waals surface area contributed by atoms with Crippen LogP contribution < -0.4 is 14.8 Å². The van der Waals surface area contributed by atoms with E-state index in [1.807, 2.05) is 19.1 Å². The van der Waals surface area contributed by atoms with Gasteiger partial charge in [-0.05, 0) is 53.8 Å². The third-order valence-corrected chi connectivity index (χ3v) is 5.66. The van der Waals surface area contributed by atoms with E-state index in [2.05, 4.69) is 23.8 Å². The summed E-state index contributed by atoms with van der Waals surface area (Å²) in [6, 6.07) is 11.4. The summed E-state index contributed by atoms with van der Waals surface area (Å²) < 4.78 is 5.81. The molecule has 1 fully saturated rings. The summed E-state index contributed by atoms with van der Waals surface area (Å²) in [5, 5.41) is 13.6. The summed E-state index contributed by atoms with van der Waals surface area (Å²) >= 11 is 0. The van der Waals surface area contributed by atoms with Gasteiger partial charge in [0.25, 0.3) is 5.91 Å². The lowest BCUT2D eigenvalue weighted by Gasteiger charge is -2.27. The molecule has 34 heavy (non-hydrogen) atoms. The van der Waals surface area contributed by atoms with E-state index in [-0.39, 0.29) is 12.1 Å². The molecular formula is C27H27N3O4. The molecule has 0 aliphatic carbocycles. The highest BCUT2D eigenvalue weighted by molar-refractivity contribution is 6.46. The molecule has 0 saturated carbocycles. The van der Waals surface area contributed by atoms with Gasteiger partial charge in [0.15, 0.2) is 12.4 Å². The maximum absolute atomic E-state index is 13.6. The molecule has 0 spiro atoms. The summed E-state index contributed by atoms with van der Waals surface area (Å²) in [6.07, 6.45) is 6.72. The zero-order valence-corrected chi connectivity index (χ0v) is 19.4. The summed E-state index contributed by atoms with van der Waals surface area (Å²) in [5.74, 6) is -0.888. The highest BCUT2D eigenvalue weighted by Gasteiger charge is 2.44. The second-order valence-corrected chi connectivity index (χ2v) is 8.79. The SMILES string of the molecule is Cc1cc(/C([O-])=C2\C(=O)C(=O)N(Cc3ccc[nH+]c3)C2c2cccnc2)ccc1OCC(C)C. The van der Waals surface area contributed by atoms with Crippen molar-refractivity contribution in [2.75, 3.05) is 6.61 Å². The molecule has 4 rings (SSSR count). The van der Waals surface area contributed by atoms with Gasteiger partial charge in [-0.2, -0.15) is 0 Å². The van der Waals surface area contributed by atoms with E-state index in [0.717, 1.165) is 11.1 Å². The number of ketones is 1. The first-order chi connectivity index (χ1) is 16.4. The quantitative estimate of drug-likeness (QED) is 0.309. The highest BCUT2D eigenvalue weighted by atomic mass is 16.5. The third kappa shape index (κ3) is 4.69. The van der Waals surface area contributed by atoms with Crippen LogP contribution in [0, 0.1) is 12.8 Å². The minimum atomic E-state index is -0.821. The van der Waals surface area contributed by atoms with Gasteiger partial charge in [0.05, 0.1) is 19.2 Å². The lowest BCUT2D eigenvalue weighted by atomic mass is 9.95. The first kappa shape index (κ1) is 23.2. The van der Waals surface area contributed by atoms with Crippen molar-refractivity contribution in [2.45, 2.75) is 33.4 Å². The van der Waals surface area contributed by atoms with Crippen molar-refractivity contribution in [1.29, 1.82) is 0 Å². The van der Waals surface area contributed by atoms with Crippen LogP contribution in [-0.4, -0.2) is 28.2 Å². The molecule has 1 atom stereocenters. The van der Waals surface area contributed by atoms with Gasteiger partial charge in [-0.1, -0.05) is 31.7 Å². The number of benzene rings is 1. The summed E-state index contributed by atoms with van der Waals surface area (Å²) in [4.78, 5) is 34.8. The zero-order chi connectivity index (χ0) is 24.2. The van der Waals surface area contributed by atoms with Gasteiger partial charge in [-0.3, -0.25) is 14.6 Å². The number of hydrogen-bond donors (Lipinski definition) is 0. The highest BCUT2D eigenvalue weighted by Crippen LogP contribution is 2.39. The normalized spacial score (nSPS) is 17.4. The maximum Gasteiger partial charge on any atom is 0.295 e. The predicted molar refractivity (Wildman–Crippen MR) is 124 cm³/mol. The second kappa shape index (κ2) is 9.87. The number of carbonyl (C=O) groups is 2. The number of ether oxygens (including phenoxy) is 1. The number of aromatic nitrogens is 2. The van der Waals surface area contributed by atoms with E-state index < -0.39 is 23.5 Å².